The van der Waals surface area contributed by atoms with E-state index in [2.05, 4.69) is 18.6 Å². The van der Waals surface area contributed by atoms with Crippen LogP contribution >= 0.6 is 0 Å². The fourth-order valence-corrected chi connectivity index (χ4v) is 2.48. The van der Waals surface area contributed by atoms with E-state index in [4.69, 9.17) is 0 Å². The number of ketones is 1. The SMILES string of the molecule is COC(=O)C(=O)c1ccc2c(c1)CC(C(C)C)C2. The number of carbonyl (C=O) groups excluding carboxylic acids is 2. The first-order valence-corrected chi connectivity index (χ1v) is 6.27. The lowest BCUT2D eigenvalue weighted by atomic mass is 9.93. The Morgan fingerprint density at radius 3 is 2.50 bits per heavy atom. The van der Waals surface area contributed by atoms with E-state index in [1.54, 1.807) is 6.07 Å². The molecule has 0 saturated carbocycles. The molecule has 2 rings (SSSR count). The normalized spacial score (nSPS) is 17.7. The van der Waals surface area contributed by atoms with Gasteiger partial charge >= 0.3 is 5.97 Å². The molecule has 0 amide bonds. The lowest BCUT2D eigenvalue weighted by Gasteiger charge is -2.12. The van der Waals surface area contributed by atoms with Crippen LogP contribution in [-0.4, -0.2) is 18.9 Å². The Kier molecular flexibility index (Phi) is 3.50. The molecule has 0 bridgehead atoms. The molecule has 96 valence electrons. The molecular weight excluding hydrogens is 228 g/mol. The van der Waals surface area contributed by atoms with Crippen molar-refractivity contribution in [3.05, 3.63) is 34.9 Å². The van der Waals surface area contributed by atoms with Crippen LogP contribution in [0.25, 0.3) is 0 Å². The summed E-state index contributed by atoms with van der Waals surface area (Å²) in [6, 6.07) is 5.53. The van der Waals surface area contributed by atoms with Crippen molar-refractivity contribution in [2.24, 2.45) is 11.8 Å². The Morgan fingerprint density at radius 1 is 1.22 bits per heavy atom. The molecule has 1 aromatic rings. The van der Waals surface area contributed by atoms with E-state index in [-0.39, 0.29) is 0 Å². The Hall–Kier alpha value is -1.64. The maximum Gasteiger partial charge on any atom is 0.379 e. The van der Waals surface area contributed by atoms with Crippen LogP contribution < -0.4 is 0 Å². The Bertz CT molecular complexity index is 489. The van der Waals surface area contributed by atoms with Gasteiger partial charge in [-0.1, -0.05) is 26.0 Å². The number of hydrogen-bond acceptors (Lipinski definition) is 3. The molecule has 3 nitrogen and oxygen atoms in total. The van der Waals surface area contributed by atoms with Crippen LogP contribution in [0.3, 0.4) is 0 Å². The molecule has 1 aliphatic carbocycles. The minimum Gasteiger partial charge on any atom is -0.463 e. The summed E-state index contributed by atoms with van der Waals surface area (Å²) in [7, 11) is 1.22. The quantitative estimate of drug-likeness (QED) is 0.467. The van der Waals surface area contributed by atoms with E-state index >= 15 is 0 Å². The first-order chi connectivity index (χ1) is 8.52. The largest absolute Gasteiger partial charge is 0.463 e. The van der Waals surface area contributed by atoms with Crippen LogP contribution in [0.15, 0.2) is 18.2 Å². The van der Waals surface area contributed by atoms with E-state index in [1.165, 1.54) is 18.2 Å². The highest BCUT2D eigenvalue weighted by Crippen LogP contribution is 2.32. The fraction of sp³-hybridized carbons (Fsp3) is 0.467. The lowest BCUT2D eigenvalue weighted by Crippen LogP contribution is -2.15. The summed E-state index contributed by atoms with van der Waals surface area (Å²) in [5, 5.41) is 0. The molecule has 1 aromatic carbocycles. The van der Waals surface area contributed by atoms with Crippen molar-refractivity contribution in [2.45, 2.75) is 26.7 Å². The van der Waals surface area contributed by atoms with Gasteiger partial charge in [-0.3, -0.25) is 4.79 Å². The van der Waals surface area contributed by atoms with Gasteiger partial charge in [0.05, 0.1) is 7.11 Å². The van der Waals surface area contributed by atoms with Gasteiger partial charge in [-0.15, -0.1) is 0 Å². The van der Waals surface area contributed by atoms with Crippen molar-refractivity contribution in [2.75, 3.05) is 7.11 Å². The van der Waals surface area contributed by atoms with Gasteiger partial charge in [0.25, 0.3) is 5.78 Å². The third-order valence-electron chi connectivity index (χ3n) is 3.75. The topological polar surface area (TPSA) is 43.4 Å². The monoisotopic (exact) mass is 246 g/mol. The molecule has 1 atom stereocenters. The average Bonchev–Trinajstić information content (AvgIpc) is 2.79. The van der Waals surface area contributed by atoms with E-state index in [0.717, 1.165) is 12.8 Å². The molecule has 3 heteroatoms. The van der Waals surface area contributed by atoms with Gasteiger partial charge in [-0.25, -0.2) is 4.79 Å². The molecular formula is C15H18O3. The van der Waals surface area contributed by atoms with Crippen LogP contribution in [-0.2, 0) is 22.4 Å². The van der Waals surface area contributed by atoms with Gasteiger partial charge in [-0.2, -0.15) is 0 Å². The van der Waals surface area contributed by atoms with Crippen molar-refractivity contribution in [1.29, 1.82) is 0 Å². The number of carbonyl (C=O) groups is 2. The molecule has 0 aromatic heterocycles. The molecule has 0 radical (unpaired) electrons. The lowest BCUT2D eigenvalue weighted by molar-refractivity contribution is -0.135. The van der Waals surface area contributed by atoms with Gasteiger partial charge in [-0.05, 0) is 41.9 Å². The second-order valence-electron chi connectivity index (χ2n) is 5.22. The maximum absolute atomic E-state index is 11.7. The molecule has 0 spiro atoms. The number of Topliss-reactive ketones (excluding diaryl/α,β-unsaturated/α-hetero) is 1. The summed E-state index contributed by atoms with van der Waals surface area (Å²) in [6.45, 7) is 4.44. The summed E-state index contributed by atoms with van der Waals surface area (Å²) < 4.78 is 4.46. The van der Waals surface area contributed by atoms with Crippen LogP contribution in [0.4, 0.5) is 0 Å². The fourth-order valence-electron chi connectivity index (χ4n) is 2.48. The first-order valence-electron chi connectivity index (χ1n) is 6.27. The predicted octanol–water partition coefficient (Wildman–Crippen LogP) is 2.41. The molecule has 0 aliphatic heterocycles. The summed E-state index contributed by atoms with van der Waals surface area (Å²) in [5.41, 5.74) is 2.93. The van der Waals surface area contributed by atoms with Crippen molar-refractivity contribution in [3.8, 4) is 0 Å². The summed E-state index contributed by atoms with van der Waals surface area (Å²) in [5.74, 6) is -0.0812. The smallest absolute Gasteiger partial charge is 0.379 e. The van der Waals surface area contributed by atoms with Crippen LogP contribution in [0.5, 0.6) is 0 Å². The molecule has 1 aliphatic rings. The van der Waals surface area contributed by atoms with Gasteiger partial charge in [0.2, 0.25) is 0 Å². The van der Waals surface area contributed by atoms with E-state index in [9.17, 15) is 9.59 Å². The number of fused-ring (bicyclic) bond motifs is 1. The van der Waals surface area contributed by atoms with Gasteiger partial charge < -0.3 is 4.74 Å². The first kappa shape index (κ1) is 12.8. The number of esters is 1. The van der Waals surface area contributed by atoms with Crippen LogP contribution in [0.2, 0.25) is 0 Å². The highest BCUT2D eigenvalue weighted by atomic mass is 16.5. The molecule has 18 heavy (non-hydrogen) atoms. The number of methoxy groups -OCH3 is 1. The third kappa shape index (κ3) is 2.30. The van der Waals surface area contributed by atoms with Crippen LogP contribution in [0, 0.1) is 11.8 Å². The number of benzene rings is 1. The zero-order valence-corrected chi connectivity index (χ0v) is 11.0. The van der Waals surface area contributed by atoms with Crippen molar-refractivity contribution < 1.29 is 14.3 Å². The second-order valence-corrected chi connectivity index (χ2v) is 5.22. The number of hydrogen-bond donors (Lipinski definition) is 0. The molecule has 0 saturated heterocycles. The zero-order chi connectivity index (χ0) is 13.3. The van der Waals surface area contributed by atoms with Gasteiger partial charge in [0.15, 0.2) is 0 Å². The standard InChI is InChI=1S/C15H18O3/c1-9(2)12-6-10-4-5-11(7-13(10)8-12)14(16)15(17)18-3/h4-5,7,9,12H,6,8H2,1-3H3. The van der Waals surface area contributed by atoms with E-state index in [0.29, 0.717) is 17.4 Å². The highest BCUT2D eigenvalue weighted by molar-refractivity contribution is 6.40. The third-order valence-corrected chi connectivity index (χ3v) is 3.75. The summed E-state index contributed by atoms with van der Waals surface area (Å²) in [6.07, 6.45) is 2.06. The zero-order valence-electron chi connectivity index (χ0n) is 11.0. The summed E-state index contributed by atoms with van der Waals surface area (Å²) in [4.78, 5) is 22.9. The van der Waals surface area contributed by atoms with E-state index < -0.39 is 11.8 Å². The molecule has 0 heterocycles. The molecule has 0 N–H and O–H groups in total. The van der Waals surface area contributed by atoms with Crippen molar-refractivity contribution in [3.63, 3.8) is 0 Å². The Balaban J connectivity index is 2.23. The van der Waals surface area contributed by atoms with Crippen molar-refractivity contribution >= 4 is 11.8 Å². The van der Waals surface area contributed by atoms with Gasteiger partial charge in [0, 0.05) is 5.56 Å². The van der Waals surface area contributed by atoms with E-state index in [1.807, 2.05) is 12.1 Å². The molecule has 1 unspecified atom stereocenters. The minimum atomic E-state index is -0.798. The van der Waals surface area contributed by atoms with Crippen molar-refractivity contribution in [1.82, 2.24) is 0 Å². The Morgan fingerprint density at radius 2 is 1.89 bits per heavy atom. The number of ether oxygens (including phenoxy) is 1. The maximum atomic E-state index is 11.7. The Labute approximate surface area is 107 Å². The van der Waals surface area contributed by atoms with Gasteiger partial charge in [0.1, 0.15) is 0 Å². The molecule has 0 fully saturated rings. The number of rotatable bonds is 3. The minimum absolute atomic E-state index is 0.435. The van der Waals surface area contributed by atoms with Crippen LogP contribution in [0.1, 0.15) is 35.3 Å². The highest BCUT2D eigenvalue weighted by Gasteiger charge is 2.25. The summed E-state index contributed by atoms with van der Waals surface area (Å²) >= 11 is 0. The second kappa shape index (κ2) is 4.92. The predicted molar refractivity (Wildman–Crippen MR) is 68.5 cm³/mol. The average molecular weight is 246 g/mol.